The lowest BCUT2D eigenvalue weighted by atomic mass is 10.1. The first-order chi connectivity index (χ1) is 12.8. The lowest BCUT2D eigenvalue weighted by Gasteiger charge is -2.07. The summed E-state index contributed by atoms with van der Waals surface area (Å²) in [5.74, 6) is 1.59. The van der Waals surface area contributed by atoms with Crippen molar-refractivity contribution in [1.29, 1.82) is 0 Å². The third-order valence-corrected chi connectivity index (χ3v) is 4.24. The molecule has 0 saturated heterocycles. The van der Waals surface area contributed by atoms with Gasteiger partial charge in [-0.05, 0) is 42.5 Å². The van der Waals surface area contributed by atoms with Gasteiger partial charge < -0.3 is 19.5 Å². The lowest BCUT2D eigenvalue weighted by molar-refractivity contribution is -0.121. The van der Waals surface area contributed by atoms with Gasteiger partial charge in [0.2, 0.25) is 12.7 Å². The smallest absolute Gasteiger partial charge is 0.231 e. The van der Waals surface area contributed by atoms with E-state index in [1.807, 2.05) is 36.4 Å². The second kappa shape index (κ2) is 9.82. The van der Waals surface area contributed by atoms with Gasteiger partial charge in [-0.1, -0.05) is 36.4 Å². The molecule has 0 aromatic heterocycles. The molecule has 0 fully saturated rings. The van der Waals surface area contributed by atoms with Crippen LogP contribution in [0, 0.1) is 0 Å². The van der Waals surface area contributed by atoms with E-state index in [1.165, 1.54) is 5.56 Å². The second-order valence-electron chi connectivity index (χ2n) is 6.24. The molecule has 138 valence electrons. The summed E-state index contributed by atoms with van der Waals surface area (Å²) in [5.41, 5.74) is 2.36. The minimum atomic E-state index is 0.0620. The number of ether oxygens (including phenoxy) is 3. The van der Waals surface area contributed by atoms with Gasteiger partial charge in [-0.2, -0.15) is 0 Å². The number of hydrogen-bond acceptors (Lipinski definition) is 4. The van der Waals surface area contributed by atoms with Crippen molar-refractivity contribution in [3.8, 4) is 11.5 Å². The summed E-state index contributed by atoms with van der Waals surface area (Å²) in [6.07, 6.45) is 2.90. The van der Waals surface area contributed by atoms with Crippen LogP contribution in [0.15, 0.2) is 48.5 Å². The maximum absolute atomic E-state index is 11.9. The van der Waals surface area contributed by atoms with E-state index < -0.39 is 0 Å². The average molecular weight is 355 g/mol. The van der Waals surface area contributed by atoms with Crippen LogP contribution in [-0.4, -0.2) is 32.5 Å². The van der Waals surface area contributed by atoms with E-state index in [0.717, 1.165) is 29.9 Å². The number of aryl methyl sites for hydroxylation is 1. The molecule has 0 aliphatic carbocycles. The summed E-state index contributed by atoms with van der Waals surface area (Å²) in [4.78, 5) is 11.9. The number of rotatable bonds is 10. The van der Waals surface area contributed by atoms with Crippen molar-refractivity contribution in [2.24, 2.45) is 0 Å². The Morgan fingerprint density at radius 3 is 2.69 bits per heavy atom. The summed E-state index contributed by atoms with van der Waals surface area (Å²) < 4.78 is 16.2. The fourth-order valence-electron chi connectivity index (χ4n) is 2.78. The molecule has 0 spiro atoms. The van der Waals surface area contributed by atoms with Gasteiger partial charge in [0.05, 0.1) is 6.61 Å². The fraction of sp³-hybridized carbons (Fsp3) is 0.381. The Kier molecular flexibility index (Phi) is 6.90. The maximum Gasteiger partial charge on any atom is 0.231 e. The Balaban J connectivity index is 1.22. The first kappa shape index (κ1) is 18.3. The summed E-state index contributed by atoms with van der Waals surface area (Å²) in [7, 11) is 0. The Labute approximate surface area is 154 Å². The van der Waals surface area contributed by atoms with Gasteiger partial charge in [0.15, 0.2) is 11.5 Å². The summed E-state index contributed by atoms with van der Waals surface area (Å²) in [6, 6.07) is 16.1. The van der Waals surface area contributed by atoms with Crippen LogP contribution >= 0.6 is 0 Å². The molecule has 0 unspecified atom stereocenters. The second-order valence-corrected chi connectivity index (χ2v) is 6.24. The number of carbonyl (C=O) groups is 1. The molecule has 0 saturated carbocycles. The summed E-state index contributed by atoms with van der Waals surface area (Å²) in [5, 5.41) is 2.94. The predicted octanol–water partition coefficient (Wildman–Crippen LogP) is 3.11. The monoisotopic (exact) mass is 355 g/mol. The van der Waals surface area contributed by atoms with Crippen molar-refractivity contribution in [3.05, 3.63) is 59.7 Å². The minimum Gasteiger partial charge on any atom is -0.454 e. The van der Waals surface area contributed by atoms with E-state index in [4.69, 9.17) is 14.2 Å². The van der Waals surface area contributed by atoms with E-state index in [9.17, 15) is 4.79 Å². The molecule has 1 aliphatic heterocycles. The minimum absolute atomic E-state index is 0.0620. The maximum atomic E-state index is 11.9. The fourth-order valence-corrected chi connectivity index (χ4v) is 2.78. The number of amides is 1. The first-order valence-corrected chi connectivity index (χ1v) is 9.08. The van der Waals surface area contributed by atoms with Crippen molar-refractivity contribution in [1.82, 2.24) is 5.32 Å². The molecule has 0 radical (unpaired) electrons. The lowest BCUT2D eigenvalue weighted by Crippen LogP contribution is -2.25. The predicted molar refractivity (Wildman–Crippen MR) is 99.5 cm³/mol. The molecular weight excluding hydrogens is 330 g/mol. The van der Waals surface area contributed by atoms with Crippen molar-refractivity contribution in [3.63, 3.8) is 0 Å². The van der Waals surface area contributed by atoms with Gasteiger partial charge in [0.1, 0.15) is 0 Å². The van der Waals surface area contributed by atoms with Gasteiger partial charge in [-0.25, -0.2) is 0 Å². The zero-order valence-corrected chi connectivity index (χ0v) is 14.9. The highest BCUT2D eigenvalue weighted by Gasteiger charge is 2.13. The van der Waals surface area contributed by atoms with E-state index in [1.54, 1.807) is 0 Å². The Morgan fingerprint density at radius 1 is 0.962 bits per heavy atom. The quantitative estimate of drug-likeness (QED) is 0.666. The number of benzene rings is 2. The van der Waals surface area contributed by atoms with E-state index in [0.29, 0.717) is 32.6 Å². The molecule has 0 bridgehead atoms. The van der Waals surface area contributed by atoms with Crippen molar-refractivity contribution in [2.75, 3.05) is 26.6 Å². The van der Waals surface area contributed by atoms with Crippen LogP contribution in [-0.2, 0) is 22.4 Å². The highest BCUT2D eigenvalue weighted by atomic mass is 16.7. The topological polar surface area (TPSA) is 56.8 Å². The average Bonchev–Trinajstić information content (AvgIpc) is 3.14. The van der Waals surface area contributed by atoms with E-state index >= 15 is 0 Å². The van der Waals surface area contributed by atoms with Gasteiger partial charge in [0.25, 0.3) is 0 Å². The standard InChI is InChI=1S/C21H25NO4/c23-21(10-8-18-7-9-19-20(15-18)26-16-25-19)22-12-4-13-24-14-11-17-5-2-1-3-6-17/h1-3,5-7,9,15H,4,8,10-14,16H2,(H,22,23). The van der Waals surface area contributed by atoms with Crippen LogP contribution < -0.4 is 14.8 Å². The highest BCUT2D eigenvalue weighted by Crippen LogP contribution is 2.32. The molecule has 3 rings (SSSR count). The van der Waals surface area contributed by atoms with Crippen molar-refractivity contribution < 1.29 is 19.0 Å². The third-order valence-electron chi connectivity index (χ3n) is 4.24. The third kappa shape index (κ3) is 5.77. The van der Waals surface area contributed by atoms with Crippen molar-refractivity contribution in [2.45, 2.75) is 25.7 Å². The van der Waals surface area contributed by atoms with Crippen LogP contribution in [0.2, 0.25) is 0 Å². The largest absolute Gasteiger partial charge is 0.454 e. The number of fused-ring (bicyclic) bond motifs is 1. The molecule has 2 aromatic carbocycles. The van der Waals surface area contributed by atoms with E-state index in [2.05, 4.69) is 17.4 Å². The van der Waals surface area contributed by atoms with Crippen LogP contribution in [0.3, 0.4) is 0 Å². The molecule has 1 amide bonds. The Morgan fingerprint density at radius 2 is 1.81 bits per heavy atom. The van der Waals surface area contributed by atoms with Gasteiger partial charge in [-0.3, -0.25) is 4.79 Å². The van der Waals surface area contributed by atoms with Crippen LogP contribution in [0.4, 0.5) is 0 Å². The molecule has 1 N–H and O–H groups in total. The normalized spacial score (nSPS) is 12.2. The zero-order chi connectivity index (χ0) is 18.0. The van der Waals surface area contributed by atoms with Crippen molar-refractivity contribution >= 4 is 5.91 Å². The molecule has 5 nitrogen and oxygen atoms in total. The molecule has 1 heterocycles. The van der Waals surface area contributed by atoms with Gasteiger partial charge in [-0.15, -0.1) is 0 Å². The molecule has 26 heavy (non-hydrogen) atoms. The number of carbonyl (C=O) groups excluding carboxylic acids is 1. The van der Waals surface area contributed by atoms with Crippen LogP contribution in [0.5, 0.6) is 11.5 Å². The zero-order valence-electron chi connectivity index (χ0n) is 14.9. The van der Waals surface area contributed by atoms with Crippen LogP contribution in [0.25, 0.3) is 0 Å². The molecule has 5 heteroatoms. The SMILES string of the molecule is O=C(CCc1ccc2c(c1)OCO2)NCCCOCCc1ccccc1. The summed E-state index contributed by atoms with van der Waals surface area (Å²) >= 11 is 0. The summed E-state index contributed by atoms with van der Waals surface area (Å²) in [6.45, 7) is 2.29. The Bertz CT molecular complexity index is 702. The Hall–Kier alpha value is -2.53. The highest BCUT2D eigenvalue weighted by molar-refractivity contribution is 5.76. The molecule has 0 atom stereocenters. The first-order valence-electron chi connectivity index (χ1n) is 9.08. The number of nitrogens with one attached hydrogen (secondary N) is 1. The molecular formula is C21H25NO4. The number of hydrogen-bond donors (Lipinski definition) is 1. The van der Waals surface area contributed by atoms with Crippen LogP contribution in [0.1, 0.15) is 24.0 Å². The molecule has 2 aromatic rings. The van der Waals surface area contributed by atoms with Gasteiger partial charge in [0, 0.05) is 19.6 Å². The molecule has 1 aliphatic rings. The van der Waals surface area contributed by atoms with E-state index in [-0.39, 0.29) is 12.7 Å². The van der Waals surface area contributed by atoms with Gasteiger partial charge >= 0.3 is 0 Å².